The van der Waals surface area contributed by atoms with E-state index in [2.05, 4.69) is 6.07 Å². The van der Waals surface area contributed by atoms with Gasteiger partial charge in [-0.05, 0) is 29.3 Å². The van der Waals surface area contributed by atoms with E-state index >= 15 is 0 Å². The Morgan fingerprint density at radius 2 is 1.12 bits per heavy atom. The number of benzene rings is 3. The van der Waals surface area contributed by atoms with Crippen LogP contribution in [0.1, 0.15) is 0 Å². The summed E-state index contributed by atoms with van der Waals surface area (Å²) in [5.41, 5.74) is 5.64. The molecule has 9 heteroatoms. The van der Waals surface area contributed by atoms with E-state index in [0.717, 1.165) is 28.1 Å². The number of nitro groups is 1. The van der Waals surface area contributed by atoms with Crippen LogP contribution in [-0.2, 0) is 7.05 Å². The molecule has 0 atom stereocenters. The third-order valence-electron chi connectivity index (χ3n) is 4.86. The summed E-state index contributed by atoms with van der Waals surface area (Å²) in [4.78, 5) is 11.3. The molecule has 0 N–H and O–H groups in total. The third kappa shape index (κ3) is 6.42. The minimum absolute atomic E-state index is 0.0994. The van der Waals surface area contributed by atoms with Gasteiger partial charge in [-0.25, -0.2) is 18.6 Å². The first-order valence-corrected chi connectivity index (χ1v) is 10.9. The lowest BCUT2D eigenvalue weighted by Gasteiger charge is -2.17. The second-order valence-corrected chi connectivity index (χ2v) is 7.71. The number of hydrogen-bond donors (Lipinski definition) is 0. The summed E-state index contributed by atoms with van der Waals surface area (Å²) in [5, 5.41) is 11.6. The van der Waals surface area contributed by atoms with Crippen LogP contribution >= 0.6 is 0 Å². The zero-order chi connectivity index (χ0) is 24.0. The summed E-state index contributed by atoms with van der Waals surface area (Å²) >= 11 is 0. The summed E-state index contributed by atoms with van der Waals surface area (Å²) in [6.45, 7) is 0. The maximum absolute atomic E-state index is 11.6. The van der Waals surface area contributed by atoms with Crippen LogP contribution < -0.4 is 23.2 Å². The Morgan fingerprint density at radius 3 is 1.67 bits per heavy atom. The van der Waals surface area contributed by atoms with E-state index in [9.17, 15) is 10.1 Å². The number of nitrogens with zero attached hydrogens (tertiary/aromatic N) is 2. The number of nitro benzene ring substituents is 1. The Kier molecular flexibility index (Phi) is 7.49. The maximum atomic E-state index is 11.6. The number of aromatic nitrogens is 1. The molecule has 33 heavy (non-hydrogen) atoms. The average molecular weight is 467 g/mol. The molecule has 0 saturated carbocycles. The highest BCUT2D eigenvalue weighted by molar-refractivity contribution is 5.76. The van der Waals surface area contributed by atoms with Gasteiger partial charge in [0.15, 0.2) is 0 Å². The molecule has 0 aliphatic carbocycles. The van der Waals surface area contributed by atoms with E-state index in [1.54, 1.807) is 18.2 Å². The van der Waals surface area contributed by atoms with Crippen molar-refractivity contribution in [2.45, 2.75) is 0 Å². The van der Waals surface area contributed by atoms with Gasteiger partial charge in [0.1, 0.15) is 12.6 Å². The van der Waals surface area contributed by atoms with Crippen LogP contribution in [0.15, 0.2) is 97.1 Å². The molecule has 0 aliphatic rings. The van der Waals surface area contributed by atoms with E-state index < -0.39 is 10.2 Å². The Bertz CT molecular complexity index is 1240. The lowest BCUT2D eigenvalue weighted by atomic mass is 9.98. The molecule has 0 aliphatic heterocycles. The van der Waals surface area contributed by atoms with Crippen LogP contribution in [-0.4, -0.2) is 4.92 Å². The first-order valence-electron chi connectivity index (χ1n) is 9.65. The fraction of sp³-hybridized carbons (Fsp3) is 0.0417. The minimum Gasteiger partial charge on any atom is -0.258 e. The number of halogens is 1. The molecule has 4 rings (SSSR count). The molecule has 0 amide bonds. The molecule has 1 aromatic heterocycles. The summed E-state index contributed by atoms with van der Waals surface area (Å²) in [6, 6.07) is 31.2. The summed E-state index contributed by atoms with van der Waals surface area (Å²) in [6.07, 6.45) is 0. The molecular formula is C24H19ClN2O6. The smallest absolute Gasteiger partial charge is 0.258 e. The van der Waals surface area contributed by atoms with Crippen LogP contribution in [0.4, 0.5) is 5.69 Å². The molecule has 0 fully saturated rings. The van der Waals surface area contributed by atoms with E-state index in [1.165, 1.54) is 0 Å². The van der Waals surface area contributed by atoms with Crippen molar-refractivity contribution in [2.24, 2.45) is 7.05 Å². The van der Waals surface area contributed by atoms with Crippen LogP contribution in [0.2, 0.25) is 0 Å². The Balaban J connectivity index is 0.000000555. The Morgan fingerprint density at radius 1 is 0.667 bits per heavy atom. The molecule has 8 nitrogen and oxygen atoms in total. The van der Waals surface area contributed by atoms with Gasteiger partial charge in [-0.15, -0.1) is 10.2 Å². The fourth-order valence-electron chi connectivity index (χ4n) is 3.45. The normalized spacial score (nSPS) is 10.8. The van der Waals surface area contributed by atoms with Crippen molar-refractivity contribution >= 4 is 5.69 Å². The van der Waals surface area contributed by atoms with Crippen molar-refractivity contribution in [1.29, 1.82) is 0 Å². The summed E-state index contributed by atoms with van der Waals surface area (Å²) in [5.74, 6) is 0. The van der Waals surface area contributed by atoms with E-state index in [0.29, 0.717) is 5.56 Å². The first-order chi connectivity index (χ1) is 15.6. The van der Waals surface area contributed by atoms with Gasteiger partial charge in [0.25, 0.3) is 5.69 Å². The number of rotatable bonds is 4. The topological polar surface area (TPSA) is 139 Å². The summed E-state index contributed by atoms with van der Waals surface area (Å²) in [7, 11) is -3.00. The van der Waals surface area contributed by atoms with Crippen molar-refractivity contribution in [3.05, 3.63) is 107 Å². The van der Waals surface area contributed by atoms with Crippen molar-refractivity contribution in [3.8, 4) is 33.6 Å². The van der Waals surface area contributed by atoms with E-state index in [4.69, 9.17) is 18.6 Å². The largest absolute Gasteiger partial charge is 0.283 e. The van der Waals surface area contributed by atoms with Gasteiger partial charge in [0.2, 0.25) is 11.4 Å². The molecular weight excluding hydrogens is 448 g/mol. The zero-order valence-electron chi connectivity index (χ0n) is 17.5. The number of para-hydroxylation sites is 1. The van der Waals surface area contributed by atoms with Crippen molar-refractivity contribution in [1.82, 2.24) is 0 Å². The third-order valence-corrected chi connectivity index (χ3v) is 4.86. The highest BCUT2D eigenvalue weighted by Crippen LogP contribution is 2.32. The van der Waals surface area contributed by atoms with Crippen LogP contribution in [0, 0.1) is 20.4 Å². The van der Waals surface area contributed by atoms with Gasteiger partial charge >= 0.3 is 0 Å². The van der Waals surface area contributed by atoms with Gasteiger partial charge in [-0.1, -0.05) is 60.7 Å². The molecule has 4 aromatic rings. The van der Waals surface area contributed by atoms with Crippen molar-refractivity contribution < 1.29 is 38.4 Å². The van der Waals surface area contributed by atoms with Gasteiger partial charge in [-0.3, -0.25) is 10.1 Å². The van der Waals surface area contributed by atoms with E-state index in [-0.39, 0.29) is 10.6 Å². The van der Waals surface area contributed by atoms with Crippen LogP contribution in [0.3, 0.4) is 0 Å². The molecule has 0 bridgehead atoms. The molecule has 0 unspecified atom stereocenters. The molecule has 0 radical (unpaired) electrons. The molecule has 0 saturated heterocycles. The SMILES string of the molecule is C[n+]1c(-c2ccccc2)cc(-c2ccccc2)cc1-c1ccccc1[N+](=O)[O-].[O-][Cl+3]([O-])([O-])[O-]. The van der Waals surface area contributed by atoms with E-state index in [1.807, 2.05) is 84.4 Å². The highest BCUT2D eigenvalue weighted by atomic mass is 35.7. The average Bonchev–Trinajstić information content (AvgIpc) is 2.79. The first kappa shape index (κ1) is 24.0. The van der Waals surface area contributed by atoms with Gasteiger partial charge in [0, 0.05) is 23.8 Å². The molecule has 1 heterocycles. The van der Waals surface area contributed by atoms with Gasteiger partial charge in [-0.2, -0.15) is 4.57 Å². The minimum atomic E-state index is -4.94. The van der Waals surface area contributed by atoms with Crippen molar-refractivity contribution in [3.63, 3.8) is 0 Å². The standard InChI is InChI=1S/C24H19N2O2.ClHO4/c1-25-23(19-12-6-3-7-13-19)16-20(18-10-4-2-5-11-18)17-24(25)21-14-8-9-15-22(21)26(27)28;2-1(3,4)5/h2-17H,1H3;(H,2,3,4,5)/q+1;/p-1. The summed E-state index contributed by atoms with van der Waals surface area (Å²) < 4.78 is 36.0. The Hall–Kier alpha value is -3.66. The molecule has 168 valence electrons. The van der Waals surface area contributed by atoms with Gasteiger partial charge in [0.05, 0.1) is 4.92 Å². The zero-order valence-corrected chi connectivity index (χ0v) is 18.2. The lowest BCUT2D eigenvalue weighted by Crippen LogP contribution is -2.68. The van der Waals surface area contributed by atoms with Crippen LogP contribution in [0.5, 0.6) is 0 Å². The predicted molar refractivity (Wildman–Crippen MR) is 111 cm³/mol. The fourth-order valence-corrected chi connectivity index (χ4v) is 3.45. The lowest BCUT2D eigenvalue weighted by molar-refractivity contribution is -2.00. The van der Waals surface area contributed by atoms with Crippen molar-refractivity contribution in [2.75, 3.05) is 0 Å². The maximum Gasteiger partial charge on any atom is 0.283 e. The quantitative estimate of drug-likeness (QED) is 0.246. The molecule has 3 aromatic carbocycles. The number of hydrogen-bond acceptors (Lipinski definition) is 6. The highest BCUT2D eigenvalue weighted by Gasteiger charge is 2.25. The number of pyridine rings is 1. The predicted octanol–water partition coefficient (Wildman–Crippen LogP) is 0.664. The second kappa shape index (κ2) is 10.3. The Labute approximate surface area is 192 Å². The monoisotopic (exact) mass is 466 g/mol. The molecule has 0 spiro atoms. The van der Waals surface area contributed by atoms with Crippen LogP contribution in [0.25, 0.3) is 33.6 Å². The van der Waals surface area contributed by atoms with Gasteiger partial charge < -0.3 is 0 Å². The second-order valence-electron chi connectivity index (χ2n) is 6.96.